The van der Waals surface area contributed by atoms with E-state index in [4.69, 9.17) is 14.2 Å². The van der Waals surface area contributed by atoms with E-state index < -0.39 is 39.8 Å². The third kappa shape index (κ3) is 8.19. The summed E-state index contributed by atoms with van der Waals surface area (Å²) in [5, 5.41) is 13.1. The van der Waals surface area contributed by atoms with E-state index in [1.54, 1.807) is 69.3 Å². The van der Waals surface area contributed by atoms with Crippen LogP contribution in [0.15, 0.2) is 90.9 Å². The van der Waals surface area contributed by atoms with Gasteiger partial charge in [0.25, 0.3) is 0 Å². The van der Waals surface area contributed by atoms with Gasteiger partial charge in [0, 0.05) is 6.42 Å². The maximum atomic E-state index is 13.3. The smallest absolute Gasteiger partial charge is 0.408 e. The Bertz CT molecular complexity index is 1550. The number of nitrogens with one attached hydrogen (secondary N) is 1. The highest BCUT2D eigenvalue weighted by molar-refractivity contribution is 7.91. The number of carbonyl (C=O) groups is 2. The highest BCUT2D eigenvalue weighted by Gasteiger charge is 2.38. The van der Waals surface area contributed by atoms with Crippen LogP contribution in [0.2, 0.25) is 0 Å². The van der Waals surface area contributed by atoms with Crippen LogP contribution in [0, 0.1) is 0 Å². The summed E-state index contributed by atoms with van der Waals surface area (Å²) in [6.07, 6.45) is 0.415. The SMILES string of the molecule is COc1ccc(CN2C(O)=CN(c3ccc(C[C@H](NC(=O)OC(C)(C)C)C(=O)OCc4ccccc4)cc3)S2(=O)=O)cc1. The van der Waals surface area contributed by atoms with Gasteiger partial charge in [0.05, 0.1) is 25.5 Å². The molecule has 12 heteroatoms. The molecule has 3 aromatic carbocycles. The molecule has 0 spiro atoms. The lowest BCUT2D eigenvalue weighted by Crippen LogP contribution is -2.45. The summed E-state index contributed by atoms with van der Waals surface area (Å²) in [6, 6.07) is 21.3. The summed E-state index contributed by atoms with van der Waals surface area (Å²) in [4.78, 5) is 25.5. The van der Waals surface area contributed by atoms with Crippen molar-refractivity contribution in [3.8, 4) is 5.75 Å². The maximum absolute atomic E-state index is 13.3. The first kappa shape index (κ1) is 31.2. The molecule has 0 radical (unpaired) electrons. The number of aliphatic hydroxyl groups is 1. The Morgan fingerprint density at radius 2 is 1.53 bits per heavy atom. The third-order valence-electron chi connectivity index (χ3n) is 6.33. The number of esters is 1. The van der Waals surface area contributed by atoms with E-state index in [0.29, 0.717) is 16.9 Å². The molecule has 0 saturated carbocycles. The second kappa shape index (κ2) is 13.1. The zero-order valence-electron chi connectivity index (χ0n) is 24.4. The second-order valence-corrected chi connectivity index (χ2v) is 12.5. The molecule has 3 aromatic rings. The van der Waals surface area contributed by atoms with Crippen LogP contribution in [0.5, 0.6) is 5.75 Å². The topological polar surface area (TPSA) is 135 Å². The number of anilines is 1. The number of aliphatic hydroxyl groups excluding tert-OH is 1. The Morgan fingerprint density at radius 1 is 0.907 bits per heavy atom. The minimum atomic E-state index is -4.12. The number of nitrogens with zero attached hydrogens (tertiary/aromatic N) is 2. The Balaban J connectivity index is 1.47. The molecule has 0 bridgehead atoms. The fraction of sp³-hybridized carbons (Fsp3) is 0.290. The van der Waals surface area contributed by atoms with Crippen LogP contribution in [0.4, 0.5) is 10.5 Å². The molecule has 228 valence electrons. The molecule has 43 heavy (non-hydrogen) atoms. The summed E-state index contributed by atoms with van der Waals surface area (Å²) in [6.45, 7) is 5.09. The van der Waals surface area contributed by atoms with Gasteiger partial charge in [-0.15, -0.1) is 0 Å². The molecule has 1 heterocycles. The van der Waals surface area contributed by atoms with Crippen molar-refractivity contribution in [1.82, 2.24) is 9.62 Å². The first-order valence-electron chi connectivity index (χ1n) is 13.5. The molecule has 1 atom stereocenters. The number of methoxy groups -OCH3 is 1. The van der Waals surface area contributed by atoms with Crippen molar-refractivity contribution in [1.29, 1.82) is 0 Å². The number of benzene rings is 3. The molecule has 0 unspecified atom stereocenters. The summed E-state index contributed by atoms with van der Waals surface area (Å²) in [7, 11) is -2.58. The van der Waals surface area contributed by atoms with Crippen LogP contribution in [0.3, 0.4) is 0 Å². The summed E-state index contributed by atoms with van der Waals surface area (Å²) in [5.41, 5.74) is 1.58. The number of carbonyl (C=O) groups excluding carboxylic acids is 2. The molecule has 0 aliphatic carbocycles. The monoisotopic (exact) mass is 609 g/mol. The van der Waals surface area contributed by atoms with Crippen molar-refractivity contribution >= 4 is 28.0 Å². The van der Waals surface area contributed by atoms with Crippen LogP contribution >= 0.6 is 0 Å². The third-order valence-corrected chi connectivity index (χ3v) is 8.02. The highest BCUT2D eigenvalue weighted by Crippen LogP contribution is 2.31. The normalized spacial score (nSPS) is 14.9. The van der Waals surface area contributed by atoms with Gasteiger partial charge in [-0.25, -0.2) is 18.2 Å². The van der Waals surface area contributed by atoms with E-state index in [9.17, 15) is 23.1 Å². The van der Waals surface area contributed by atoms with Crippen LogP contribution in [0.1, 0.15) is 37.5 Å². The van der Waals surface area contributed by atoms with Crippen molar-refractivity contribution < 1.29 is 37.3 Å². The number of hydrogen-bond acceptors (Lipinski definition) is 8. The van der Waals surface area contributed by atoms with Gasteiger partial charge in [0.15, 0.2) is 0 Å². The number of hydrogen-bond donors (Lipinski definition) is 2. The molecule has 1 amide bonds. The van der Waals surface area contributed by atoms with Crippen LogP contribution in [0.25, 0.3) is 0 Å². The molecular formula is C31H35N3O8S. The minimum absolute atomic E-state index is 0.0286. The Morgan fingerprint density at radius 3 is 2.14 bits per heavy atom. The quantitative estimate of drug-likeness (QED) is 0.313. The van der Waals surface area contributed by atoms with Gasteiger partial charge in [-0.3, -0.25) is 0 Å². The number of ether oxygens (including phenoxy) is 3. The molecule has 0 aromatic heterocycles. The molecule has 4 rings (SSSR count). The average molecular weight is 610 g/mol. The molecule has 0 fully saturated rings. The van der Waals surface area contributed by atoms with Gasteiger partial charge in [-0.05, 0) is 61.7 Å². The highest BCUT2D eigenvalue weighted by atomic mass is 32.2. The van der Waals surface area contributed by atoms with E-state index in [0.717, 1.165) is 20.4 Å². The Labute approximate surface area is 251 Å². The maximum Gasteiger partial charge on any atom is 0.408 e. The lowest BCUT2D eigenvalue weighted by molar-refractivity contribution is -0.147. The van der Waals surface area contributed by atoms with Crippen LogP contribution in [-0.2, 0) is 44.1 Å². The van der Waals surface area contributed by atoms with E-state index in [1.165, 1.54) is 7.11 Å². The van der Waals surface area contributed by atoms with Gasteiger partial charge >= 0.3 is 22.3 Å². The van der Waals surface area contributed by atoms with Crippen LogP contribution < -0.4 is 14.4 Å². The molecule has 1 aliphatic heterocycles. The summed E-state index contributed by atoms with van der Waals surface area (Å²) < 4.78 is 44.4. The fourth-order valence-corrected chi connectivity index (χ4v) is 5.64. The minimum Gasteiger partial charge on any atom is -0.497 e. The molecular weight excluding hydrogens is 574 g/mol. The van der Waals surface area contributed by atoms with Crippen molar-refractivity contribution in [3.63, 3.8) is 0 Å². The molecule has 0 saturated heterocycles. The predicted octanol–water partition coefficient (Wildman–Crippen LogP) is 4.80. The molecule has 2 N–H and O–H groups in total. The Kier molecular flexibility index (Phi) is 9.50. The van der Waals surface area contributed by atoms with Crippen molar-refractivity contribution in [2.45, 2.75) is 52.0 Å². The van der Waals surface area contributed by atoms with Crippen molar-refractivity contribution in [3.05, 3.63) is 108 Å². The zero-order chi connectivity index (χ0) is 31.2. The first-order chi connectivity index (χ1) is 20.4. The molecule has 1 aliphatic rings. The lowest BCUT2D eigenvalue weighted by Gasteiger charge is -2.23. The van der Waals surface area contributed by atoms with Gasteiger partial charge in [0.1, 0.15) is 24.0 Å². The van der Waals surface area contributed by atoms with Gasteiger partial charge in [-0.1, -0.05) is 54.6 Å². The zero-order valence-corrected chi connectivity index (χ0v) is 25.2. The number of alkyl carbamates (subject to hydrolysis) is 1. The van der Waals surface area contributed by atoms with Gasteiger partial charge in [-0.2, -0.15) is 8.42 Å². The van der Waals surface area contributed by atoms with Gasteiger partial charge < -0.3 is 24.6 Å². The van der Waals surface area contributed by atoms with E-state index in [1.807, 2.05) is 30.3 Å². The number of rotatable bonds is 10. The van der Waals surface area contributed by atoms with E-state index in [-0.39, 0.29) is 25.3 Å². The summed E-state index contributed by atoms with van der Waals surface area (Å²) in [5.74, 6) is -0.451. The standard InChI is InChI=1S/C31H35N3O8S/c1-31(2,3)42-30(37)32-27(29(36)41-21-24-8-6-5-7-9-24)18-22-10-14-25(15-11-22)33-20-28(35)34(43(33,38)39)19-23-12-16-26(40-4)17-13-23/h5-17,20,27,35H,18-19,21H2,1-4H3,(H,32,37)/t27-/m0/s1. The van der Waals surface area contributed by atoms with Crippen LogP contribution in [-0.4, -0.2) is 48.6 Å². The van der Waals surface area contributed by atoms with Gasteiger partial charge in [0.2, 0.25) is 5.88 Å². The Hall–Kier alpha value is -4.71. The largest absolute Gasteiger partial charge is 0.497 e. The van der Waals surface area contributed by atoms with Crippen molar-refractivity contribution in [2.24, 2.45) is 0 Å². The summed E-state index contributed by atoms with van der Waals surface area (Å²) >= 11 is 0. The van der Waals surface area contributed by atoms with E-state index in [2.05, 4.69) is 5.32 Å². The average Bonchev–Trinajstić information content (AvgIpc) is 3.19. The lowest BCUT2D eigenvalue weighted by atomic mass is 10.1. The second-order valence-electron chi connectivity index (χ2n) is 10.8. The first-order valence-corrected chi connectivity index (χ1v) is 14.9. The van der Waals surface area contributed by atoms with E-state index >= 15 is 0 Å². The predicted molar refractivity (Wildman–Crippen MR) is 160 cm³/mol. The number of amides is 1. The molecule has 11 nitrogen and oxygen atoms in total. The fourth-order valence-electron chi connectivity index (χ4n) is 4.21. The van der Waals surface area contributed by atoms with Crippen molar-refractivity contribution in [2.75, 3.05) is 11.4 Å².